The van der Waals surface area contributed by atoms with Gasteiger partial charge in [0.25, 0.3) is 0 Å². The molecule has 0 radical (unpaired) electrons. The van der Waals surface area contributed by atoms with Gasteiger partial charge in [0, 0.05) is 24.5 Å². The van der Waals surface area contributed by atoms with Crippen LogP contribution in [0.25, 0.3) is 10.9 Å². The molecule has 0 bridgehead atoms. The second-order valence-electron chi connectivity index (χ2n) is 6.81. The molecule has 0 aliphatic carbocycles. The minimum absolute atomic E-state index is 0.211. The van der Waals surface area contributed by atoms with Gasteiger partial charge in [0.2, 0.25) is 0 Å². The van der Waals surface area contributed by atoms with Crippen LogP contribution in [0.15, 0.2) is 18.5 Å². The molecule has 2 aromatic rings. The standard InChI is InChI=1S/C17H23N3O2.C3H5NO2/c1-4-12-5-7-20(8-6-12)17-13-9-15(21-2)16(22-3)10-14(13)18-11-19-17;1-2-4-3(5)6-4/h9-12H,4-8H2,1-3H3;2H2,1H3. The number of methoxy groups -OCH3 is 2. The summed E-state index contributed by atoms with van der Waals surface area (Å²) in [6.45, 7) is 6.90. The Morgan fingerprint density at radius 2 is 1.75 bits per heavy atom. The molecule has 4 rings (SSSR count). The van der Waals surface area contributed by atoms with E-state index < -0.39 is 0 Å². The number of ether oxygens (including phenoxy) is 2. The highest BCUT2D eigenvalue weighted by molar-refractivity contribution is 5.92. The molecule has 8 nitrogen and oxygen atoms in total. The molecular formula is C20H28N4O4. The third kappa shape index (κ3) is 4.37. The quantitative estimate of drug-likeness (QED) is 0.723. The molecule has 0 spiro atoms. The SMILES string of the molecule is CCC1CCN(c2ncnc3cc(OC)c(OC)cc23)CC1.CCN1OC1=O. The zero-order valence-corrected chi connectivity index (χ0v) is 17.0. The second-order valence-corrected chi connectivity index (χ2v) is 6.81. The molecule has 8 heteroatoms. The lowest BCUT2D eigenvalue weighted by molar-refractivity contribution is 0.207. The molecule has 0 unspecified atom stereocenters. The maximum absolute atomic E-state index is 9.82. The van der Waals surface area contributed by atoms with Gasteiger partial charge in [-0.15, -0.1) is 5.06 Å². The maximum Gasteiger partial charge on any atom is 0.468 e. The molecule has 152 valence electrons. The summed E-state index contributed by atoms with van der Waals surface area (Å²) in [7, 11) is 3.29. The zero-order valence-electron chi connectivity index (χ0n) is 17.0. The third-order valence-corrected chi connectivity index (χ3v) is 5.26. The lowest BCUT2D eigenvalue weighted by Gasteiger charge is -2.32. The number of hydrogen-bond donors (Lipinski definition) is 0. The van der Waals surface area contributed by atoms with Crippen molar-refractivity contribution < 1.29 is 19.1 Å². The van der Waals surface area contributed by atoms with Crippen LogP contribution in [0.1, 0.15) is 33.1 Å². The second kappa shape index (κ2) is 8.95. The number of carbonyl (C=O) groups excluding carboxylic acids is 1. The summed E-state index contributed by atoms with van der Waals surface area (Å²) in [6, 6.07) is 3.90. The van der Waals surface area contributed by atoms with Gasteiger partial charge in [-0.05, 0) is 31.7 Å². The molecule has 2 saturated heterocycles. The minimum atomic E-state index is -0.211. The molecule has 2 fully saturated rings. The van der Waals surface area contributed by atoms with E-state index in [1.165, 1.54) is 24.3 Å². The molecule has 0 atom stereocenters. The third-order valence-electron chi connectivity index (χ3n) is 5.26. The first-order valence-electron chi connectivity index (χ1n) is 9.72. The number of piperidine rings is 1. The number of anilines is 1. The Bertz CT molecular complexity index is 821. The van der Waals surface area contributed by atoms with Crippen molar-refractivity contribution in [3.8, 4) is 11.5 Å². The predicted molar refractivity (Wildman–Crippen MR) is 107 cm³/mol. The Morgan fingerprint density at radius 3 is 2.25 bits per heavy atom. The summed E-state index contributed by atoms with van der Waals surface area (Å²) < 4.78 is 10.8. The Balaban J connectivity index is 0.000000320. The van der Waals surface area contributed by atoms with Crippen molar-refractivity contribution in [3.05, 3.63) is 18.5 Å². The van der Waals surface area contributed by atoms with Crippen LogP contribution in [-0.4, -0.2) is 55.0 Å². The number of carbonyl (C=O) groups is 1. The number of hydrogen-bond acceptors (Lipinski definition) is 7. The largest absolute Gasteiger partial charge is 0.493 e. The highest BCUT2D eigenvalue weighted by Gasteiger charge is 2.31. The van der Waals surface area contributed by atoms with Crippen LogP contribution >= 0.6 is 0 Å². The minimum Gasteiger partial charge on any atom is -0.493 e. The zero-order chi connectivity index (χ0) is 20.1. The maximum atomic E-state index is 9.82. The molecular weight excluding hydrogens is 360 g/mol. The van der Waals surface area contributed by atoms with E-state index in [0.717, 1.165) is 41.5 Å². The summed E-state index contributed by atoms with van der Waals surface area (Å²) >= 11 is 0. The van der Waals surface area contributed by atoms with Crippen molar-refractivity contribution in [3.63, 3.8) is 0 Å². The van der Waals surface area contributed by atoms with Crippen LogP contribution in [-0.2, 0) is 4.84 Å². The summed E-state index contributed by atoms with van der Waals surface area (Å²) in [5, 5.41) is 2.30. The number of aromatic nitrogens is 2. The van der Waals surface area contributed by atoms with E-state index in [4.69, 9.17) is 9.47 Å². The summed E-state index contributed by atoms with van der Waals surface area (Å²) in [4.78, 5) is 25.4. The Hall–Kier alpha value is -2.77. The lowest BCUT2D eigenvalue weighted by Crippen LogP contribution is -2.34. The van der Waals surface area contributed by atoms with E-state index in [0.29, 0.717) is 12.3 Å². The van der Waals surface area contributed by atoms with Gasteiger partial charge in [0.15, 0.2) is 11.5 Å². The number of fused-ring (bicyclic) bond motifs is 1. The van der Waals surface area contributed by atoms with E-state index in [9.17, 15) is 4.79 Å². The van der Waals surface area contributed by atoms with Crippen molar-refractivity contribution in [1.82, 2.24) is 15.0 Å². The van der Waals surface area contributed by atoms with Gasteiger partial charge in [0.1, 0.15) is 12.1 Å². The highest BCUT2D eigenvalue weighted by Crippen LogP contribution is 2.35. The van der Waals surface area contributed by atoms with E-state index in [-0.39, 0.29) is 6.09 Å². The number of nitrogens with zero attached hydrogens (tertiary/aromatic N) is 4. The highest BCUT2D eigenvalue weighted by atomic mass is 16.9. The fraction of sp³-hybridized carbons (Fsp3) is 0.550. The van der Waals surface area contributed by atoms with Crippen molar-refractivity contribution in [2.45, 2.75) is 33.1 Å². The average Bonchev–Trinajstić information content (AvgIpc) is 3.48. The van der Waals surface area contributed by atoms with Crippen LogP contribution in [0.4, 0.5) is 10.6 Å². The Kier molecular flexibility index (Phi) is 6.38. The van der Waals surface area contributed by atoms with E-state index in [1.54, 1.807) is 20.5 Å². The monoisotopic (exact) mass is 388 g/mol. The molecule has 0 saturated carbocycles. The number of amides is 1. The molecule has 28 heavy (non-hydrogen) atoms. The van der Waals surface area contributed by atoms with Gasteiger partial charge in [-0.3, -0.25) is 0 Å². The first-order valence-corrected chi connectivity index (χ1v) is 9.72. The van der Waals surface area contributed by atoms with Gasteiger partial charge in [-0.2, -0.15) is 0 Å². The van der Waals surface area contributed by atoms with Crippen molar-refractivity contribution >= 4 is 22.8 Å². The topological polar surface area (TPSA) is 80.1 Å². The fourth-order valence-electron chi connectivity index (χ4n) is 3.44. The molecule has 0 N–H and O–H groups in total. The molecule has 2 aliphatic rings. The normalized spacial score (nSPS) is 16.4. The van der Waals surface area contributed by atoms with Gasteiger partial charge < -0.3 is 19.2 Å². The number of hydroxylamine groups is 2. The first-order chi connectivity index (χ1) is 13.6. The smallest absolute Gasteiger partial charge is 0.468 e. The van der Waals surface area contributed by atoms with Crippen molar-refractivity contribution in [1.29, 1.82) is 0 Å². The summed E-state index contributed by atoms with van der Waals surface area (Å²) in [5.74, 6) is 3.26. The number of rotatable bonds is 5. The van der Waals surface area contributed by atoms with Gasteiger partial charge >= 0.3 is 6.09 Å². The summed E-state index contributed by atoms with van der Waals surface area (Å²) in [5.41, 5.74) is 0.889. The van der Waals surface area contributed by atoms with E-state index in [2.05, 4.69) is 26.6 Å². The van der Waals surface area contributed by atoms with Crippen LogP contribution < -0.4 is 14.4 Å². The number of benzene rings is 1. The Morgan fingerprint density at radius 1 is 1.11 bits per heavy atom. The average molecular weight is 388 g/mol. The lowest BCUT2D eigenvalue weighted by atomic mass is 9.94. The Labute approximate surface area is 165 Å². The molecule has 1 aromatic carbocycles. The van der Waals surface area contributed by atoms with Gasteiger partial charge in [0.05, 0.1) is 26.3 Å². The van der Waals surface area contributed by atoms with E-state index in [1.807, 2.05) is 19.1 Å². The van der Waals surface area contributed by atoms with Crippen molar-refractivity contribution in [2.75, 3.05) is 38.8 Å². The molecule has 1 amide bonds. The predicted octanol–water partition coefficient (Wildman–Crippen LogP) is 3.65. The molecule has 3 heterocycles. The summed E-state index contributed by atoms with van der Waals surface area (Å²) in [6.07, 6.45) is 5.15. The van der Waals surface area contributed by atoms with Crippen LogP contribution in [0.3, 0.4) is 0 Å². The van der Waals surface area contributed by atoms with Crippen LogP contribution in [0.5, 0.6) is 11.5 Å². The van der Waals surface area contributed by atoms with Crippen LogP contribution in [0.2, 0.25) is 0 Å². The first kappa shape index (κ1) is 20.0. The van der Waals surface area contributed by atoms with Crippen molar-refractivity contribution in [2.24, 2.45) is 5.92 Å². The molecule has 2 aliphatic heterocycles. The molecule has 1 aromatic heterocycles. The fourth-order valence-corrected chi connectivity index (χ4v) is 3.44. The van der Waals surface area contributed by atoms with Gasteiger partial charge in [-0.1, -0.05) is 13.3 Å². The van der Waals surface area contributed by atoms with Crippen LogP contribution in [0, 0.1) is 5.92 Å². The van der Waals surface area contributed by atoms with E-state index >= 15 is 0 Å². The van der Waals surface area contributed by atoms with Gasteiger partial charge in [-0.25, -0.2) is 14.8 Å².